The van der Waals surface area contributed by atoms with E-state index in [4.69, 9.17) is 9.29 Å². The lowest BCUT2D eigenvalue weighted by atomic mass is 10.1. The summed E-state index contributed by atoms with van der Waals surface area (Å²) in [6.07, 6.45) is 3.28. The molecule has 6 nitrogen and oxygen atoms in total. The largest absolute Gasteiger partial charge is 0.381 e. The van der Waals surface area contributed by atoms with Gasteiger partial charge in [0.2, 0.25) is 0 Å². The van der Waals surface area contributed by atoms with Crippen LogP contribution in [0.3, 0.4) is 0 Å². The fourth-order valence-corrected chi connectivity index (χ4v) is 2.79. The zero-order valence-corrected chi connectivity index (χ0v) is 11.4. The molecule has 0 aliphatic carbocycles. The van der Waals surface area contributed by atoms with Gasteiger partial charge in [-0.25, -0.2) is 13.9 Å². The topological polar surface area (TPSA) is 77.2 Å². The van der Waals surface area contributed by atoms with Gasteiger partial charge in [-0.15, -0.1) is 0 Å². The Labute approximate surface area is 113 Å². The van der Waals surface area contributed by atoms with Gasteiger partial charge in [0.15, 0.2) is 16.7 Å². The van der Waals surface area contributed by atoms with E-state index in [1.54, 1.807) is 6.07 Å². The van der Waals surface area contributed by atoms with Crippen molar-refractivity contribution in [3.63, 3.8) is 0 Å². The number of pyridine rings is 1. The van der Waals surface area contributed by atoms with E-state index < -0.39 is 11.1 Å². The second-order valence-electron chi connectivity index (χ2n) is 4.66. The molecule has 0 saturated carbocycles. The smallest absolute Gasteiger partial charge is 0.188 e. The van der Waals surface area contributed by atoms with Crippen LogP contribution in [0.1, 0.15) is 24.6 Å². The first kappa shape index (κ1) is 12.7. The molecule has 1 fully saturated rings. The Kier molecular flexibility index (Phi) is 3.34. The normalized spacial score (nSPS) is 18.8. The van der Waals surface area contributed by atoms with E-state index in [0.717, 1.165) is 42.8 Å². The molecule has 1 N–H and O–H groups in total. The Hall–Kier alpha value is -1.31. The number of ether oxygens (including phenoxy) is 1. The van der Waals surface area contributed by atoms with Crippen LogP contribution < -0.4 is 0 Å². The summed E-state index contributed by atoms with van der Waals surface area (Å²) < 4.78 is 27.5. The van der Waals surface area contributed by atoms with Crippen molar-refractivity contribution in [2.24, 2.45) is 0 Å². The Morgan fingerprint density at radius 1 is 1.47 bits per heavy atom. The molecule has 1 atom stereocenters. The van der Waals surface area contributed by atoms with Crippen molar-refractivity contribution in [3.05, 3.63) is 18.0 Å². The van der Waals surface area contributed by atoms with E-state index in [9.17, 15) is 4.21 Å². The summed E-state index contributed by atoms with van der Waals surface area (Å²) in [5, 5.41) is 5.37. The first-order valence-electron chi connectivity index (χ1n) is 6.20. The second-order valence-corrected chi connectivity index (χ2v) is 5.63. The number of aryl methyl sites for hydroxylation is 1. The molecule has 0 amide bonds. The highest BCUT2D eigenvalue weighted by Gasteiger charge is 2.21. The monoisotopic (exact) mass is 281 g/mol. The lowest BCUT2D eigenvalue weighted by Gasteiger charge is -2.22. The minimum atomic E-state index is -2.01. The van der Waals surface area contributed by atoms with E-state index >= 15 is 0 Å². The van der Waals surface area contributed by atoms with Gasteiger partial charge >= 0.3 is 0 Å². The molecule has 2 aromatic heterocycles. The molecular weight excluding hydrogens is 266 g/mol. The molecule has 0 radical (unpaired) electrons. The van der Waals surface area contributed by atoms with Gasteiger partial charge in [-0.3, -0.25) is 0 Å². The molecule has 0 aromatic carbocycles. The number of rotatable bonds is 2. The molecule has 0 spiro atoms. The fourth-order valence-electron chi connectivity index (χ4n) is 2.43. The van der Waals surface area contributed by atoms with Crippen LogP contribution in [0.2, 0.25) is 0 Å². The first-order chi connectivity index (χ1) is 9.16. The average molecular weight is 281 g/mol. The van der Waals surface area contributed by atoms with Crippen LogP contribution in [0.25, 0.3) is 11.0 Å². The van der Waals surface area contributed by atoms with Gasteiger partial charge in [0.05, 0.1) is 16.6 Å². The maximum Gasteiger partial charge on any atom is 0.188 e. The zero-order chi connectivity index (χ0) is 13.4. The number of fused-ring (bicyclic) bond motifs is 1. The van der Waals surface area contributed by atoms with Crippen molar-refractivity contribution in [1.82, 2.24) is 14.8 Å². The average Bonchev–Trinajstić information content (AvgIpc) is 2.77. The Balaban J connectivity index is 2.08. The molecule has 19 heavy (non-hydrogen) atoms. The zero-order valence-electron chi connectivity index (χ0n) is 10.6. The molecule has 102 valence electrons. The van der Waals surface area contributed by atoms with Crippen molar-refractivity contribution in [2.75, 3.05) is 13.2 Å². The SMILES string of the molecule is Cc1nn(C2CCOCC2)c2ncc(S(=O)O)cc12. The highest BCUT2D eigenvalue weighted by Crippen LogP contribution is 2.26. The Bertz CT molecular complexity index is 634. The summed E-state index contributed by atoms with van der Waals surface area (Å²) in [7, 11) is 0. The predicted molar refractivity (Wildman–Crippen MR) is 70.4 cm³/mol. The van der Waals surface area contributed by atoms with Crippen LogP contribution in [0.15, 0.2) is 17.2 Å². The van der Waals surface area contributed by atoms with Crippen LogP contribution >= 0.6 is 0 Å². The number of aromatic nitrogens is 3. The molecular formula is C12H15N3O3S. The maximum absolute atomic E-state index is 11.1. The van der Waals surface area contributed by atoms with Gasteiger partial charge in [0.25, 0.3) is 0 Å². The van der Waals surface area contributed by atoms with Crippen LogP contribution in [0.4, 0.5) is 0 Å². The van der Waals surface area contributed by atoms with Crippen molar-refractivity contribution in [1.29, 1.82) is 0 Å². The van der Waals surface area contributed by atoms with Gasteiger partial charge in [0, 0.05) is 24.8 Å². The lowest BCUT2D eigenvalue weighted by Crippen LogP contribution is -2.20. The summed E-state index contributed by atoms with van der Waals surface area (Å²) in [4.78, 5) is 4.61. The third kappa shape index (κ3) is 2.29. The predicted octanol–water partition coefficient (Wildman–Crippen LogP) is 1.67. The van der Waals surface area contributed by atoms with Gasteiger partial charge in [-0.1, -0.05) is 0 Å². The Morgan fingerprint density at radius 2 is 2.21 bits per heavy atom. The standard InChI is InChI=1S/C12H15N3O3S/c1-8-11-6-10(19(16)17)7-13-12(11)15(14-8)9-2-4-18-5-3-9/h6-7,9H,2-5H2,1H3,(H,16,17). The van der Waals surface area contributed by atoms with E-state index in [1.165, 1.54) is 6.20 Å². The molecule has 0 bridgehead atoms. The van der Waals surface area contributed by atoms with Crippen LogP contribution in [-0.4, -0.2) is 36.7 Å². The first-order valence-corrected chi connectivity index (χ1v) is 7.31. The molecule has 3 heterocycles. The quantitative estimate of drug-likeness (QED) is 0.847. The van der Waals surface area contributed by atoms with Gasteiger partial charge < -0.3 is 9.29 Å². The van der Waals surface area contributed by atoms with Crippen molar-refractivity contribution in [3.8, 4) is 0 Å². The minimum absolute atomic E-state index is 0.294. The van der Waals surface area contributed by atoms with Gasteiger partial charge in [0.1, 0.15) is 0 Å². The molecule has 1 aliphatic heterocycles. The highest BCUT2D eigenvalue weighted by atomic mass is 32.2. The van der Waals surface area contributed by atoms with E-state index in [-0.39, 0.29) is 0 Å². The van der Waals surface area contributed by atoms with E-state index in [1.807, 2.05) is 11.6 Å². The molecule has 2 aromatic rings. The number of nitrogens with zero attached hydrogens (tertiary/aromatic N) is 3. The second kappa shape index (κ2) is 4.99. The summed E-state index contributed by atoms with van der Waals surface area (Å²) in [5.41, 5.74) is 1.61. The summed E-state index contributed by atoms with van der Waals surface area (Å²) in [6, 6.07) is 1.99. The third-order valence-electron chi connectivity index (χ3n) is 3.44. The molecule has 1 unspecified atom stereocenters. The lowest BCUT2D eigenvalue weighted by molar-refractivity contribution is 0.0672. The molecule has 1 saturated heterocycles. The number of hydrogen-bond donors (Lipinski definition) is 1. The van der Waals surface area contributed by atoms with E-state index in [2.05, 4.69) is 10.1 Å². The van der Waals surface area contributed by atoms with Crippen LogP contribution in [-0.2, 0) is 15.8 Å². The molecule has 7 heteroatoms. The van der Waals surface area contributed by atoms with Crippen LogP contribution in [0.5, 0.6) is 0 Å². The molecule has 1 aliphatic rings. The summed E-state index contributed by atoms with van der Waals surface area (Å²) in [6.45, 7) is 3.37. The minimum Gasteiger partial charge on any atom is -0.381 e. The van der Waals surface area contributed by atoms with Crippen molar-refractivity contribution in [2.45, 2.75) is 30.7 Å². The van der Waals surface area contributed by atoms with Crippen LogP contribution in [0, 0.1) is 6.92 Å². The van der Waals surface area contributed by atoms with Gasteiger partial charge in [-0.05, 0) is 25.8 Å². The maximum atomic E-state index is 11.1. The van der Waals surface area contributed by atoms with Crippen molar-refractivity contribution >= 4 is 22.1 Å². The fraction of sp³-hybridized carbons (Fsp3) is 0.500. The number of hydrogen-bond acceptors (Lipinski definition) is 4. The molecule has 3 rings (SSSR count). The summed E-state index contributed by atoms with van der Waals surface area (Å²) in [5.74, 6) is 0. The van der Waals surface area contributed by atoms with Gasteiger partial charge in [-0.2, -0.15) is 5.10 Å². The summed E-state index contributed by atoms with van der Waals surface area (Å²) >= 11 is -2.01. The third-order valence-corrected chi connectivity index (χ3v) is 4.07. The van der Waals surface area contributed by atoms with Crippen molar-refractivity contribution < 1.29 is 13.5 Å². The van der Waals surface area contributed by atoms with E-state index in [0.29, 0.717) is 10.9 Å². The Morgan fingerprint density at radius 3 is 2.89 bits per heavy atom. The highest BCUT2D eigenvalue weighted by molar-refractivity contribution is 7.79.